The highest BCUT2D eigenvalue weighted by Crippen LogP contribution is 2.07. The van der Waals surface area contributed by atoms with Gasteiger partial charge in [0.05, 0.1) is 6.33 Å². The number of aromatic nitrogens is 2. The van der Waals surface area contributed by atoms with Gasteiger partial charge in [0.15, 0.2) is 0 Å². The minimum Gasteiger partial charge on any atom is -0.352 e. The van der Waals surface area contributed by atoms with Crippen LogP contribution in [0.3, 0.4) is 0 Å². The van der Waals surface area contributed by atoms with E-state index < -0.39 is 0 Å². The third kappa shape index (κ3) is 5.79. The molecule has 0 atom stereocenters. The van der Waals surface area contributed by atoms with Crippen LogP contribution in [0.5, 0.6) is 0 Å². The number of nitrogens with zero attached hydrogens (tertiary/aromatic N) is 2. The summed E-state index contributed by atoms with van der Waals surface area (Å²) in [7, 11) is 0. The third-order valence-corrected chi connectivity index (χ3v) is 2.77. The van der Waals surface area contributed by atoms with Crippen LogP contribution >= 0.6 is 12.4 Å². The molecule has 0 fully saturated rings. The number of amides is 1. The van der Waals surface area contributed by atoms with Crippen LogP contribution in [0, 0.1) is 5.82 Å². The van der Waals surface area contributed by atoms with E-state index in [1.165, 1.54) is 18.2 Å². The number of hydrogen-bond donors (Lipinski definition) is 1. The molecule has 0 saturated carbocycles. The summed E-state index contributed by atoms with van der Waals surface area (Å²) in [5.41, 5.74) is 0.404. The highest BCUT2D eigenvalue weighted by atomic mass is 35.5. The first-order valence-electron chi connectivity index (χ1n) is 6.42. The number of aryl methyl sites for hydroxylation is 1. The minimum absolute atomic E-state index is 0. The van der Waals surface area contributed by atoms with Gasteiger partial charge in [-0.3, -0.25) is 4.79 Å². The van der Waals surface area contributed by atoms with Crippen molar-refractivity contribution in [3.05, 3.63) is 60.4 Å². The quantitative estimate of drug-likeness (QED) is 0.659. The van der Waals surface area contributed by atoms with Crippen LogP contribution < -0.4 is 5.32 Å². The molecule has 2 aromatic rings. The molecule has 1 aromatic carbocycles. The van der Waals surface area contributed by atoms with Gasteiger partial charge in [-0.15, -0.1) is 12.4 Å². The Bertz CT molecular complexity index is 584. The molecule has 0 radical (unpaired) electrons. The summed E-state index contributed by atoms with van der Waals surface area (Å²) in [6.07, 6.45) is 8.96. The molecule has 0 bridgehead atoms. The Hall–Kier alpha value is -2.14. The second-order valence-corrected chi connectivity index (χ2v) is 4.30. The van der Waals surface area contributed by atoms with Crippen molar-refractivity contribution in [2.75, 3.05) is 6.54 Å². The Morgan fingerprint density at radius 2 is 2.19 bits per heavy atom. The number of carbonyl (C=O) groups is 1. The van der Waals surface area contributed by atoms with E-state index in [-0.39, 0.29) is 24.1 Å². The fourth-order valence-electron chi connectivity index (χ4n) is 1.73. The Labute approximate surface area is 129 Å². The van der Waals surface area contributed by atoms with Crippen molar-refractivity contribution in [2.45, 2.75) is 13.0 Å². The highest BCUT2D eigenvalue weighted by Gasteiger charge is 1.98. The fourth-order valence-corrected chi connectivity index (χ4v) is 1.73. The van der Waals surface area contributed by atoms with Gasteiger partial charge in [-0.2, -0.15) is 0 Å². The summed E-state index contributed by atoms with van der Waals surface area (Å²) in [6, 6.07) is 6.33. The normalized spacial score (nSPS) is 10.3. The Balaban J connectivity index is 0.00000220. The summed E-state index contributed by atoms with van der Waals surface area (Å²) in [5, 5.41) is 2.75. The summed E-state index contributed by atoms with van der Waals surface area (Å²) in [6.45, 7) is 1.37. The standard InChI is InChI=1S/C15H16FN3O.ClH/c16-14-5-2-1-4-13(14)6-7-15(20)18-8-3-10-19-11-9-17-12-19;/h1-2,4-7,9,11-12H,3,8,10H2,(H,18,20);1H/b7-6+;. The Morgan fingerprint density at radius 1 is 1.38 bits per heavy atom. The van der Waals surface area contributed by atoms with Crippen LogP contribution in [0.15, 0.2) is 49.1 Å². The zero-order valence-electron chi connectivity index (χ0n) is 11.4. The maximum atomic E-state index is 13.3. The third-order valence-electron chi connectivity index (χ3n) is 2.77. The average molecular weight is 310 g/mol. The van der Waals surface area contributed by atoms with E-state index in [1.54, 1.807) is 30.7 Å². The molecule has 21 heavy (non-hydrogen) atoms. The first kappa shape index (κ1) is 16.9. The lowest BCUT2D eigenvalue weighted by molar-refractivity contribution is -0.116. The van der Waals surface area contributed by atoms with Crippen molar-refractivity contribution in [3.8, 4) is 0 Å². The van der Waals surface area contributed by atoms with E-state index >= 15 is 0 Å². The van der Waals surface area contributed by atoms with Crippen LogP contribution in [-0.4, -0.2) is 22.0 Å². The van der Waals surface area contributed by atoms with Gasteiger partial charge in [-0.05, 0) is 18.6 Å². The molecule has 112 valence electrons. The second-order valence-electron chi connectivity index (χ2n) is 4.30. The molecule has 1 N–H and O–H groups in total. The van der Waals surface area contributed by atoms with Crippen LogP contribution in [0.2, 0.25) is 0 Å². The second kappa shape index (κ2) is 8.92. The molecule has 4 nitrogen and oxygen atoms in total. The highest BCUT2D eigenvalue weighted by molar-refractivity contribution is 5.91. The van der Waals surface area contributed by atoms with E-state index in [1.807, 2.05) is 10.8 Å². The van der Waals surface area contributed by atoms with Gasteiger partial charge in [0, 0.05) is 37.1 Å². The molecular weight excluding hydrogens is 293 g/mol. The van der Waals surface area contributed by atoms with E-state index in [9.17, 15) is 9.18 Å². The number of rotatable bonds is 6. The molecule has 1 heterocycles. The minimum atomic E-state index is -0.336. The molecule has 0 aliphatic rings. The predicted molar refractivity (Wildman–Crippen MR) is 82.5 cm³/mol. The smallest absolute Gasteiger partial charge is 0.244 e. The molecule has 2 rings (SSSR count). The predicted octanol–water partition coefficient (Wildman–Crippen LogP) is 2.66. The van der Waals surface area contributed by atoms with Gasteiger partial charge >= 0.3 is 0 Å². The maximum absolute atomic E-state index is 13.3. The monoisotopic (exact) mass is 309 g/mol. The summed E-state index contributed by atoms with van der Waals surface area (Å²) < 4.78 is 15.3. The van der Waals surface area contributed by atoms with Gasteiger partial charge in [-0.1, -0.05) is 18.2 Å². The average Bonchev–Trinajstić information content (AvgIpc) is 2.96. The lowest BCUT2D eigenvalue weighted by Gasteiger charge is -2.03. The number of benzene rings is 1. The van der Waals surface area contributed by atoms with Crippen LogP contribution in [0.1, 0.15) is 12.0 Å². The topological polar surface area (TPSA) is 46.9 Å². The van der Waals surface area contributed by atoms with Crippen molar-refractivity contribution in [2.24, 2.45) is 0 Å². The molecule has 0 saturated heterocycles. The molecule has 0 unspecified atom stereocenters. The summed E-state index contributed by atoms with van der Waals surface area (Å²) in [5.74, 6) is -0.560. The summed E-state index contributed by atoms with van der Waals surface area (Å²) in [4.78, 5) is 15.5. The van der Waals surface area contributed by atoms with E-state index in [0.29, 0.717) is 12.1 Å². The van der Waals surface area contributed by atoms with Gasteiger partial charge in [0.2, 0.25) is 5.91 Å². The Kier molecular flexibility index (Phi) is 7.18. The maximum Gasteiger partial charge on any atom is 0.244 e. The van der Waals surface area contributed by atoms with Crippen molar-refractivity contribution < 1.29 is 9.18 Å². The zero-order chi connectivity index (χ0) is 14.2. The molecule has 1 amide bonds. The molecular formula is C15H17ClFN3O. The van der Waals surface area contributed by atoms with Crippen LogP contribution in [-0.2, 0) is 11.3 Å². The molecule has 0 aliphatic heterocycles. The lowest BCUT2D eigenvalue weighted by Crippen LogP contribution is -2.23. The number of hydrogen-bond acceptors (Lipinski definition) is 2. The van der Waals surface area contributed by atoms with Gasteiger partial charge < -0.3 is 9.88 Å². The first-order valence-corrected chi connectivity index (χ1v) is 6.42. The SMILES string of the molecule is Cl.O=C(/C=C/c1ccccc1F)NCCCn1ccnc1. The summed E-state index contributed by atoms with van der Waals surface area (Å²) >= 11 is 0. The molecule has 6 heteroatoms. The molecule has 0 aliphatic carbocycles. The van der Waals surface area contributed by atoms with Crippen molar-refractivity contribution >= 4 is 24.4 Å². The first-order chi connectivity index (χ1) is 9.75. The Morgan fingerprint density at radius 3 is 2.90 bits per heavy atom. The van der Waals surface area contributed by atoms with Gasteiger partial charge in [-0.25, -0.2) is 9.37 Å². The zero-order valence-corrected chi connectivity index (χ0v) is 12.2. The van der Waals surface area contributed by atoms with E-state index in [2.05, 4.69) is 10.3 Å². The number of carbonyl (C=O) groups excluding carboxylic acids is 1. The molecule has 1 aromatic heterocycles. The van der Waals surface area contributed by atoms with Crippen molar-refractivity contribution in [1.29, 1.82) is 0 Å². The van der Waals surface area contributed by atoms with Crippen LogP contribution in [0.25, 0.3) is 6.08 Å². The van der Waals surface area contributed by atoms with Crippen molar-refractivity contribution in [1.82, 2.24) is 14.9 Å². The number of nitrogens with one attached hydrogen (secondary N) is 1. The van der Waals surface area contributed by atoms with Crippen molar-refractivity contribution in [3.63, 3.8) is 0 Å². The molecule has 0 spiro atoms. The van der Waals surface area contributed by atoms with Gasteiger partial charge in [0.1, 0.15) is 5.82 Å². The van der Waals surface area contributed by atoms with Crippen LogP contribution in [0.4, 0.5) is 4.39 Å². The largest absolute Gasteiger partial charge is 0.352 e. The lowest BCUT2D eigenvalue weighted by atomic mass is 10.2. The van der Waals surface area contributed by atoms with E-state index in [0.717, 1.165) is 13.0 Å². The van der Waals surface area contributed by atoms with E-state index in [4.69, 9.17) is 0 Å². The number of halogens is 2. The fraction of sp³-hybridized carbons (Fsp3) is 0.200. The number of imidazole rings is 1. The van der Waals surface area contributed by atoms with Gasteiger partial charge in [0.25, 0.3) is 0 Å².